The molecule has 0 bridgehead atoms. The lowest BCUT2D eigenvalue weighted by atomic mass is 10.0. The van der Waals surface area contributed by atoms with Gasteiger partial charge in [-0.15, -0.1) is 0 Å². The Hall–Kier alpha value is -2.75. The van der Waals surface area contributed by atoms with Crippen LogP contribution in [0.1, 0.15) is 0 Å². The van der Waals surface area contributed by atoms with Gasteiger partial charge in [-0.05, 0) is 41.1 Å². The second kappa shape index (κ2) is 4.12. The van der Waals surface area contributed by atoms with E-state index in [4.69, 9.17) is 4.42 Å². The molecular weight excluding hydrogens is 274 g/mol. The largest absolute Gasteiger partial charge is 0.456 e. The predicted octanol–water partition coefficient (Wildman–Crippen LogP) is 4.38. The summed E-state index contributed by atoms with van der Waals surface area (Å²) in [4.78, 5) is 12.6. The first kappa shape index (κ1) is 12.0. The second-order valence-electron chi connectivity index (χ2n) is 4.85. The Morgan fingerprint density at radius 2 is 1.67 bits per heavy atom. The van der Waals surface area contributed by atoms with Gasteiger partial charge in [0.15, 0.2) is 0 Å². The van der Waals surface area contributed by atoms with Crippen molar-refractivity contribution in [1.29, 1.82) is 0 Å². The first-order chi connectivity index (χ1) is 10.1. The van der Waals surface area contributed by atoms with Crippen molar-refractivity contribution in [3.05, 3.63) is 70.4 Å². The van der Waals surface area contributed by atoms with Gasteiger partial charge in [-0.2, -0.15) is 0 Å². The van der Waals surface area contributed by atoms with Crippen molar-refractivity contribution in [2.45, 2.75) is 0 Å². The zero-order valence-corrected chi connectivity index (χ0v) is 10.7. The third-order valence-corrected chi connectivity index (χ3v) is 3.59. The van der Waals surface area contributed by atoms with Crippen molar-refractivity contribution in [3.8, 4) is 0 Å². The van der Waals surface area contributed by atoms with Crippen LogP contribution < -0.4 is 5.43 Å². The predicted molar refractivity (Wildman–Crippen MR) is 77.4 cm³/mol. The number of rotatable bonds is 0. The fourth-order valence-electron chi connectivity index (χ4n) is 2.65. The summed E-state index contributed by atoms with van der Waals surface area (Å²) in [6, 6.07) is 11.6. The first-order valence-corrected chi connectivity index (χ1v) is 6.38. The lowest BCUT2D eigenvalue weighted by molar-refractivity contribution is 0.624. The normalized spacial score (nSPS) is 11.5. The molecule has 0 N–H and O–H groups in total. The molecule has 0 saturated carbocycles. The van der Waals surface area contributed by atoms with E-state index in [0.29, 0.717) is 16.4 Å². The Morgan fingerprint density at radius 3 is 2.52 bits per heavy atom. The van der Waals surface area contributed by atoms with Crippen molar-refractivity contribution in [2.75, 3.05) is 0 Å². The van der Waals surface area contributed by atoms with Crippen molar-refractivity contribution in [1.82, 2.24) is 0 Å². The summed E-state index contributed by atoms with van der Waals surface area (Å²) in [5.41, 5.74) is 0.118. The summed E-state index contributed by atoms with van der Waals surface area (Å²) in [5.74, 6) is -1.01. The van der Waals surface area contributed by atoms with Crippen LogP contribution in [0.25, 0.3) is 32.7 Å². The molecule has 0 spiro atoms. The summed E-state index contributed by atoms with van der Waals surface area (Å²) in [6.07, 6.45) is 0. The summed E-state index contributed by atoms with van der Waals surface area (Å²) in [5, 5.41) is 1.31. The molecule has 3 aromatic carbocycles. The average Bonchev–Trinajstić information content (AvgIpc) is 2.46. The second-order valence-corrected chi connectivity index (χ2v) is 4.85. The minimum absolute atomic E-state index is 0.0816. The van der Waals surface area contributed by atoms with E-state index in [1.165, 1.54) is 30.3 Å². The van der Waals surface area contributed by atoms with Gasteiger partial charge < -0.3 is 4.42 Å². The van der Waals surface area contributed by atoms with Gasteiger partial charge in [-0.3, -0.25) is 4.79 Å². The molecule has 0 aliphatic rings. The van der Waals surface area contributed by atoms with E-state index in [9.17, 15) is 13.6 Å². The molecule has 0 fully saturated rings. The third kappa shape index (κ3) is 1.65. The zero-order chi connectivity index (χ0) is 14.6. The molecule has 0 aliphatic carbocycles. The SMILES string of the molecule is O=c1c2c(F)cccc2oc2ccc3cc(F)ccc3c12. The zero-order valence-electron chi connectivity index (χ0n) is 10.7. The minimum Gasteiger partial charge on any atom is -0.456 e. The highest BCUT2D eigenvalue weighted by Crippen LogP contribution is 2.27. The Balaban J connectivity index is 2.33. The van der Waals surface area contributed by atoms with Crippen LogP contribution in [0.15, 0.2) is 57.7 Å². The quantitative estimate of drug-likeness (QED) is 0.354. The van der Waals surface area contributed by atoms with Crippen LogP contribution in [0.5, 0.6) is 0 Å². The van der Waals surface area contributed by atoms with Crippen LogP contribution in [0.3, 0.4) is 0 Å². The van der Waals surface area contributed by atoms with E-state index in [1.807, 2.05) is 0 Å². The van der Waals surface area contributed by atoms with E-state index in [1.54, 1.807) is 18.2 Å². The summed E-state index contributed by atoms with van der Waals surface area (Å²) < 4.78 is 32.8. The molecule has 2 nitrogen and oxygen atoms in total. The number of hydrogen-bond acceptors (Lipinski definition) is 2. The van der Waals surface area contributed by atoms with Crippen LogP contribution in [0.4, 0.5) is 8.78 Å². The van der Waals surface area contributed by atoms with Crippen LogP contribution in [-0.2, 0) is 0 Å². The molecule has 4 rings (SSSR count). The number of benzene rings is 3. The fourth-order valence-corrected chi connectivity index (χ4v) is 2.65. The first-order valence-electron chi connectivity index (χ1n) is 6.38. The van der Waals surface area contributed by atoms with E-state index in [0.717, 1.165) is 0 Å². The van der Waals surface area contributed by atoms with Crippen LogP contribution in [0, 0.1) is 11.6 Å². The molecule has 0 amide bonds. The van der Waals surface area contributed by atoms with Crippen LogP contribution >= 0.6 is 0 Å². The molecule has 4 aromatic rings. The van der Waals surface area contributed by atoms with E-state index in [2.05, 4.69) is 0 Å². The van der Waals surface area contributed by atoms with E-state index in [-0.39, 0.29) is 16.4 Å². The molecule has 102 valence electrons. The number of hydrogen-bond donors (Lipinski definition) is 0. The minimum atomic E-state index is -0.623. The van der Waals surface area contributed by atoms with Gasteiger partial charge in [0, 0.05) is 0 Å². The van der Waals surface area contributed by atoms with Crippen molar-refractivity contribution >= 4 is 32.7 Å². The topological polar surface area (TPSA) is 30.2 Å². The number of fused-ring (bicyclic) bond motifs is 4. The highest BCUT2D eigenvalue weighted by Gasteiger charge is 2.14. The monoisotopic (exact) mass is 282 g/mol. The molecule has 0 saturated heterocycles. The smallest absolute Gasteiger partial charge is 0.204 e. The molecule has 1 aromatic heterocycles. The molecule has 0 unspecified atom stereocenters. The maximum Gasteiger partial charge on any atom is 0.204 e. The van der Waals surface area contributed by atoms with E-state index >= 15 is 0 Å². The molecular formula is C17H8F2O2. The van der Waals surface area contributed by atoms with Gasteiger partial charge in [-0.25, -0.2) is 8.78 Å². The van der Waals surface area contributed by atoms with Gasteiger partial charge in [-0.1, -0.05) is 18.2 Å². The Bertz CT molecular complexity index is 1080. The molecule has 4 heteroatoms. The number of halogens is 2. The fraction of sp³-hybridized carbons (Fsp3) is 0. The van der Waals surface area contributed by atoms with Crippen LogP contribution in [-0.4, -0.2) is 0 Å². The Kier molecular flexibility index (Phi) is 2.36. The molecule has 1 heterocycles. The summed E-state index contributed by atoms with van der Waals surface area (Å²) in [6.45, 7) is 0. The van der Waals surface area contributed by atoms with Gasteiger partial charge in [0.1, 0.15) is 28.2 Å². The lowest BCUT2D eigenvalue weighted by Crippen LogP contribution is -2.04. The highest BCUT2D eigenvalue weighted by molar-refractivity contribution is 6.08. The van der Waals surface area contributed by atoms with E-state index < -0.39 is 17.1 Å². The molecule has 21 heavy (non-hydrogen) atoms. The third-order valence-electron chi connectivity index (χ3n) is 3.59. The maximum absolute atomic E-state index is 13.9. The van der Waals surface area contributed by atoms with Gasteiger partial charge in [0.2, 0.25) is 5.43 Å². The average molecular weight is 282 g/mol. The Labute approximate surface area is 117 Å². The van der Waals surface area contributed by atoms with Crippen molar-refractivity contribution in [2.24, 2.45) is 0 Å². The van der Waals surface area contributed by atoms with Crippen LogP contribution in [0.2, 0.25) is 0 Å². The molecule has 0 atom stereocenters. The van der Waals surface area contributed by atoms with Crippen molar-refractivity contribution in [3.63, 3.8) is 0 Å². The molecule has 0 aliphatic heterocycles. The lowest BCUT2D eigenvalue weighted by Gasteiger charge is -2.05. The summed E-state index contributed by atoms with van der Waals surface area (Å²) >= 11 is 0. The maximum atomic E-state index is 13.9. The standard InChI is InChI=1S/C17H8F2O2/c18-10-5-6-11-9(8-10)4-7-14-15(11)17(20)16-12(19)2-1-3-13(16)21-14/h1-8H. The Morgan fingerprint density at radius 1 is 0.857 bits per heavy atom. The summed E-state index contributed by atoms with van der Waals surface area (Å²) in [7, 11) is 0. The molecule has 0 radical (unpaired) electrons. The van der Waals surface area contributed by atoms with Gasteiger partial charge in [0.25, 0.3) is 0 Å². The highest BCUT2D eigenvalue weighted by atomic mass is 19.1. The van der Waals surface area contributed by atoms with Crippen molar-refractivity contribution < 1.29 is 13.2 Å². The van der Waals surface area contributed by atoms with Gasteiger partial charge >= 0.3 is 0 Å². The van der Waals surface area contributed by atoms with Gasteiger partial charge in [0.05, 0.1) is 5.39 Å².